The summed E-state index contributed by atoms with van der Waals surface area (Å²) in [5.74, 6) is -1.52. The first-order valence-electron chi connectivity index (χ1n) is 6.11. The molecule has 1 aromatic carbocycles. The predicted molar refractivity (Wildman–Crippen MR) is 75.4 cm³/mol. The molecule has 0 unspecified atom stereocenters. The SMILES string of the molecule is CSCC(=O)N1c2ccccc2NC(=O)C[C@H]1C(F)(F)F. The molecule has 0 saturated carbocycles. The molecule has 0 aromatic heterocycles. The van der Waals surface area contributed by atoms with E-state index in [4.69, 9.17) is 0 Å². The van der Waals surface area contributed by atoms with Crippen molar-refractivity contribution < 1.29 is 22.8 Å². The number of alkyl halides is 3. The van der Waals surface area contributed by atoms with E-state index in [1.54, 1.807) is 12.3 Å². The van der Waals surface area contributed by atoms with E-state index < -0.39 is 30.5 Å². The number of anilines is 2. The molecule has 0 spiro atoms. The van der Waals surface area contributed by atoms with Gasteiger partial charge < -0.3 is 5.32 Å². The van der Waals surface area contributed by atoms with Crippen molar-refractivity contribution in [3.63, 3.8) is 0 Å². The number of nitrogens with one attached hydrogen (secondary N) is 1. The summed E-state index contributed by atoms with van der Waals surface area (Å²) in [5, 5.41) is 2.41. The van der Waals surface area contributed by atoms with Crippen LogP contribution in [0, 0.1) is 0 Å². The van der Waals surface area contributed by atoms with Crippen LogP contribution in [0.15, 0.2) is 24.3 Å². The van der Waals surface area contributed by atoms with Gasteiger partial charge in [0, 0.05) is 0 Å². The zero-order valence-corrected chi connectivity index (χ0v) is 11.9. The molecular formula is C13H13F3N2O2S. The molecule has 0 bridgehead atoms. The summed E-state index contributed by atoms with van der Waals surface area (Å²) in [7, 11) is 0. The third kappa shape index (κ3) is 3.31. The van der Waals surface area contributed by atoms with Crippen LogP contribution >= 0.6 is 11.8 Å². The standard InChI is InChI=1S/C13H13F3N2O2S/c1-21-7-12(20)18-9-5-3-2-4-8(9)17-11(19)6-10(18)13(14,15)16/h2-5,10H,6-7H2,1H3,(H,17,19)/t10-/m0/s1. The Labute approximate surface area is 123 Å². The van der Waals surface area contributed by atoms with Crippen LogP contribution in [0.5, 0.6) is 0 Å². The number of thioether (sulfide) groups is 1. The van der Waals surface area contributed by atoms with Gasteiger partial charge in [0.05, 0.1) is 23.5 Å². The van der Waals surface area contributed by atoms with Crippen LogP contribution in [0.25, 0.3) is 0 Å². The van der Waals surface area contributed by atoms with E-state index in [0.29, 0.717) is 4.90 Å². The fourth-order valence-corrected chi connectivity index (χ4v) is 2.57. The lowest BCUT2D eigenvalue weighted by Crippen LogP contribution is -2.50. The third-order valence-corrected chi connectivity index (χ3v) is 3.58. The molecule has 0 radical (unpaired) electrons. The van der Waals surface area contributed by atoms with Crippen molar-refractivity contribution in [3.8, 4) is 0 Å². The molecule has 8 heteroatoms. The second-order valence-electron chi connectivity index (χ2n) is 4.52. The highest BCUT2D eigenvalue weighted by atomic mass is 32.2. The molecule has 2 rings (SSSR count). The minimum absolute atomic E-state index is 0.0738. The van der Waals surface area contributed by atoms with Crippen molar-refractivity contribution in [1.82, 2.24) is 0 Å². The third-order valence-electron chi connectivity index (χ3n) is 3.04. The van der Waals surface area contributed by atoms with Gasteiger partial charge in [0.2, 0.25) is 11.8 Å². The van der Waals surface area contributed by atoms with E-state index in [9.17, 15) is 22.8 Å². The van der Waals surface area contributed by atoms with Crippen LogP contribution < -0.4 is 10.2 Å². The molecule has 21 heavy (non-hydrogen) atoms. The monoisotopic (exact) mass is 318 g/mol. The minimum atomic E-state index is -4.68. The average molecular weight is 318 g/mol. The fourth-order valence-electron chi connectivity index (χ4n) is 2.19. The van der Waals surface area contributed by atoms with Crippen LogP contribution in [-0.2, 0) is 9.59 Å². The number of benzene rings is 1. The maximum absolute atomic E-state index is 13.3. The number of amides is 2. The van der Waals surface area contributed by atoms with Gasteiger partial charge in [-0.1, -0.05) is 12.1 Å². The normalized spacial score (nSPS) is 18.8. The van der Waals surface area contributed by atoms with Crippen LogP contribution in [0.4, 0.5) is 24.5 Å². The number of rotatable bonds is 2. The van der Waals surface area contributed by atoms with Gasteiger partial charge in [-0.05, 0) is 18.4 Å². The molecular weight excluding hydrogens is 305 g/mol. The fraction of sp³-hybridized carbons (Fsp3) is 0.385. The number of para-hydroxylation sites is 2. The zero-order valence-electron chi connectivity index (χ0n) is 11.1. The second kappa shape index (κ2) is 5.97. The molecule has 0 aliphatic carbocycles. The van der Waals surface area contributed by atoms with E-state index >= 15 is 0 Å². The van der Waals surface area contributed by atoms with E-state index in [1.165, 1.54) is 18.2 Å². The van der Waals surface area contributed by atoms with E-state index in [2.05, 4.69) is 5.32 Å². The van der Waals surface area contributed by atoms with Crippen molar-refractivity contribution in [2.24, 2.45) is 0 Å². The number of carbonyl (C=O) groups excluding carboxylic acids is 2. The van der Waals surface area contributed by atoms with Gasteiger partial charge in [0.15, 0.2) is 0 Å². The maximum atomic E-state index is 13.3. The number of fused-ring (bicyclic) bond motifs is 1. The second-order valence-corrected chi connectivity index (χ2v) is 5.39. The lowest BCUT2D eigenvalue weighted by molar-refractivity contribution is -0.157. The number of nitrogens with zero attached hydrogens (tertiary/aromatic N) is 1. The topological polar surface area (TPSA) is 49.4 Å². The summed E-state index contributed by atoms with van der Waals surface area (Å²) < 4.78 is 39.8. The molecule has 0 fully saturated rings. The smallest absolute Gasteiger partial charge is 0.324 e. The van der Waals surface area contributed by atoms with Crippen LogP contribution in [0.2, 0.25) is 0 Å². The first kappa shape index (κ1) is 15.7. The summed E-state index contributed by atoms with van der Waals surface area (Å²) in [6, 6.07) is 3.84. The number of halogens is 3. The van der Waals surface area contributed by atoms with Crippen molar-refractivity contribution in [2.45, 2.75) is 18.6 Å². The number of hydrogen-bond acceptors (Lipinski definition) is 3. The number of hydrogen-bond donors (Lipinski definition) is 1. The van der Waals surface area contributed by atoms with E-state index in [-0.39, 0.29) is 17.1 Å². The largest absolute Gasteiger partial charge is 0.409 e. The zero-order chi connectivity index (χ0) is 15.6. The molecule has 1 aliphatic rings. The molecule has 2 amide bonds. The predicted octanol–water partition coefficient (Wildman–Crippen LogP) is 2.66. The van der Waals surface area contributed by atoms with E-state index in [0.717, 1.165) is 11.8 Å². The van der Waals surface area contributed by atoms with Gasteiger partial charge in [-0.15, -0.1) is 0 Å². The molecule has 1 atom stereocenters. The molecule has 1 aromatic rings. The van der Waals surface area contributed by atoms with Crippen molar-refractivity contribution in [3.05, 3.63) is 24.3 Å². The highest BCUT2D eigenvalue weighted by Crippen LogP contribution is 2.37. The quantitative estimate of drug-likeness (QED) is 0.912. The Morgan fingerprint density at radius 1 is 1.43 bits per heavy atom. The van der Waals surface area contributed by atoms with Gasteiger partial charge in [-0.2, -0.15) is 24.9 Å². The minimum Gasteiger partial charge on any atom is -0.324 e. The average Bonchev–Trinajstić information content (AvgIpc) is 2.54. The van der Waals surface area contributed by atoms with Gasteiger partial charge in [-0.3, -0.25) is 14.5 Å². The van der Waals surface area contributed by atoms with Crippen molar-refractivity contribution in [1.29, 1.82) is 0 Å². The maximum Gasteiger partial charge on any atom is 0.409 e. The Morgan fingerprint density at radius 2 is 2.10 bits per heavy atom. The Morgan fingerprint density at radius 3 is 2.71 bits per heavy atom. The summed E-state index contributed by atoms with van der Waals surface area (Å²) in [6.07, 6.45) is -3.85. The Bertz CT molecular complexity index is 563. The number of carbonyl (C=O) groups is 2. The van der Waals surface area contributed by atoms with Gasteiger partial charge in [-0.25, -0.2) is 0 Å². The molecule has 0 saturated heterocycles. The Hall–Kier alpha value is -1.70. The van der Waals surface area contributed by atoms with Gasteiger partial charge in [0.1, 0.15) is 6.04 Å². The van der Waals surface area contributed by atoms with Crippen LogP contribution in [-0.4, -0.2) is 36.0 Å². The Kier molecular flexibility index (Phi) is 4.46. The summed E-state index contributed by atoms with van der Waals surface area (Å²) in [5.41, 5.74) is 0.286. The molecule has 1 heterocycles. The van der Waals surface area contributed by atoms with Crippen LogP contribution in [0.1, 0.15) is 6.42 Å². The molecule has 1 N–H and O–H groups in total. The summed E-state index contributed by atoms with van der Waals surface area (Å²) in [4.78, 5) is 24.5. The Balaban J connectivity index is 2.55. The first-order chi connectivity index (χ1) is 9.84. The molecule has 114 valence electrons. The summed E-state index contributed by atoms with van der Waals surface area (Å²) >= 11 is 1.13. The van der Waals surface area contributed by atoms with Crippen molar-refractivity contribution in [2.75, 3.05) is 22.2 Å². The van der Waals surface area contributed by atoms with Gasteiger partial charge >= 0.3 is 6.18 Å². The molecule has 4 nitrogen and oxygen atoms in total. The van der Waals surface area contributed by atoms with Crippen molar-refractivity contribution >= 4 is 35.0 Å². The highest BCUT2D eigenvalue weighted by Gasteiger charge is 2.48. The highest BCUT2D eigenvalue weighted by molar-refractivity contribution is 7.99. The first-order valence-corrected chi connectivity index (χ1v) is 7.50. The lowest BCUT2D eigenvalue weighted by Gasteiger charge is -2.31. The summed E-state index contributed by atoms with van der Waals surface area (Å²) in [6.45, 7) is 0. The lowest BCUT2D eigenvalue weighted by atomic mass is 10.1. The van der Waals surface area contributed by atoms with Gasteiger partial charge in [0.25, 0.3) is 0 Å². The molecule has 1 aliphatic heterocycles. The van der Waals surface area contributed by atoms with E-state index in [1.807, 2.05) is 0 Å². The van der Waals surface area contributed by atoms with Crippen LogP contribution in [0.3, 0.4) is 0 Å².